The van der Waals surface area contributed by atoms with Gasteiger partial charge in [-0.05, 0) is 18.6 Å². The van der Waals surface area contributed by atoms with E-state index < -0.39 is 17.8 Å². The SMILES string of the molecule is CC(NCc1cnc[nH]1)c1ccccc1C(F)(F)F. The average molecular weight is 269 g/mol. The molecule has 0 saturated heterocycles. The average Bonchev–Trinajstić information content (AvgIpc) is 2.88. The maximum absolute atomic E-state index is 12.9. The van der Waals surface area contributed by atoms with Gasteiger partial charge in [0.05, 0.1) is 11.9 Å². The molecule has 2 aromatic rings. The highest BCUT2D eigenvalue weighted by Gasteiger charge is 2.33. The van der Waals surface area contributed by atoms with E-state index in [0.29, 0.717) is 6.54 Å². The van der Waals surface area contributed by atoms with Crippen LogP contribution in [0.2, 0.25) is 0 Å². The maximum atomic E-state index is 12.9. The number of alkyl halides is 3. The van der Waals surface area contributed by atoms with Crippen LogP contribution in [0, 0.1) is 0 Å². The van der Waals surface area contributed by atoms with Crippen molar-refractivity contribution in [3.8, 4) is 0 Å². The predicted octanol–water partition coefficient (Wildman–Crippen LogP) is 3.28. The molecule has 1 unspecified atom stereocenters. The largest absolute Gasteiger partial charge is 0.416 e. The second-order valence-corrected chi connectivity index (χ2v) is 4.26. The quantitative estimate of drug-likeness (QED) is 0.894. The van der Waals surface area contributed by atoms with Crippen molar-refractivity contribution < 1.29 is 13.2 Å². The van der Waals surface area contributed by atoms with Crippen molar-refractivity contribution in [2.24, 2.45) is 0 Å². The summed E-state index contributed by atoms with van der Waals surface area (Å²) in [6, 6.07) is 5.20. The first-order valence-corrected chi connectivity index (χ1v) is 5.85. The van der Waals surface area contributed by atoms with E-state index in [1.54, 1.807) is 19.2 Å². The Balaban J connectivity index is 2.12. The van der Waals surface area contributed by atoms with Gasteiger partial charge in [-0.25, -0.2) is 4.98 Å². The van der Waals surface area contributed by atoms with Gasteiger partial charge in [-0.2, -0.15) is 13.2 Å². The first-order valence-electron chi connectivity index (χ1n) is 5.85. The van der Waals surface area contributed by atoms with Gasteiger partial charge < -0.3 is 10.3 Å². The molecule has 1 heterocycles. The molecule has 102 valence electrons. The summed E-state index contributed by atoms with van der Waals surface area (Å²) in [6.07, 6.45) is -1.17. The molecular formula is C13H14F3N3. The third-order valence-corrected chi connectivity index (χ3v) is 2.89. The van der Waals surface area contributed by atoms with Crippen LogP contribution in [-0.2, 0) is 12.7 Å². The summed E-state index contributed by atoms with van der Waals surface area (Å²) in [5.41, 5.74) is 0.477. The highest BCUT2D eigenvalue weighted by molar-refractivity contribution is 5.32. The minimum Gasteiger partial charge on any atom is -0.347 e. The number of imidazole rings is 1. The molecule has 0 bridgehead atoms. The van der Waals surface area contributed by atoms with E-state index in [4.69, 9.17) is 0 Å². The van der Waals surface area contributed by atoms with Crippen molar-refractivity contribution >= 4 is 0 Å². The number of H-pyrrole nitrogens is 1. The van der Waals surface area contributed by atoms with Crippen LogP contribution in [0.5, 0.6) is 0 Å². The third kappa shape index (κ3) is 3.35. The molecular weight excluding hydrogens is 255 g/mol. The topological polar surface area (TPSA) is 40.7 Å². The Morgan fingerprint density at radius 3 is 2.68 bits per heavy atom. The monoisotopic (exact) mass is 269 g/mol. The fourth-order valence-electron chi connectivity index (χ4n) is 1.89. The Morgan fingerprint density at radius 1 is 1.32 bits per heavy atom. The van der Waals surface area contributed by atoms with Crippen molar-refractivity contribution in [3.63, 3.8) is 0 Å². The van der Waals surface area contributed by atoms with Gasteiger partial charge in [-0.15, -0.1) is 0 Å². The van der Waals surface area contributed by atoms with Crippen molar-refractivity contribution in [2.45, 2.75) is 25.7 Å². The van der Waals surface area contributed by atoms with Crippen LogP contribution in [0.4, 0.5) is 13.2 Å². The molecule has 0 aliphatic carbocycles. The molecule has 19 heavy (non-hydrogen) atoms. The summed E-state index contributed by atoms with van der Waals surface area (Å²) in [6.45, 7) is 2.15. The lowest BCUT2D eigenvalue weighted by Gasteiger charge is -2.19. The summed E-state index contributed by atoms with van der Waals surface area (Å²) in [4.78, 5) is 6.75. The van der Waals surface area contributed by atoms with Crippen molar-refractivity contribution in [1.29, 1.82) is 0 Å². The van der Waals surface area contributed by atoms with E-state index in [2.05, 4.69) is 15.3 Å². The van der Waals surface area contributed by atoms with E-state index in [9.17, 15) is 13.2 Å². The first kappa shape index (κ1) is 13.6. The van der Waals surface area contributed by atoms with Gasteiger partial charge >= 0.3 is 6.18 Å². The maximum Gasteiger partial charge on any atom is 0.416 e. The number of aromatic nitrogens is 2. The van der Waals surface area contributed by atoms with Crippen LogP contribution in [0.15, 0.2) is 36.8 Å². The van der Waals surface area contributed by atoms with E-state index in [1.807, 2.05) is 0 Å². The Kier molecular flexibility index (Phi) is 3.90. The molecule has 0 saturated carbocycles. The third-order valence-electron chi connectivity index (χ3n) is 2.89. The van der Waals surface area contributed by atoms with E-state index in [-0.39, 0.29) is 5.56 Å². The molecule has 1 aromatic carbocycles. The van der Waals surface area contributed by atoms with E-state index >= 15 is 0 Å². The number of halogens is 3. The Labute approximate surface area is 108 Å². The van der Waals surface area contributed by atoms with Crippen LogP contribution in [-0.4, -0.2) is 9.97 Å². The molecule has 0 fully saturated rings. The second-order valence-electron chi connectivity index (χ2n) is 4.26. The van der Waals surface area contributed by atoms with Crippen LogP contribution < -0.4 is 5.32 Å². The summed E-state index contributed by atoms with van der Waals surface area (Å²) >= 11 is 0. The van der Waals surface area contributed by atoms with Gasteiger partial charge in [0.2, 0.25) is 0 Å². The van der Waals surface area contributed by atoms with Crippen LogP contribution in [0.3, 0.4) is 0 Å². The van der Waals surface area contributed by atoms with Gasteiger partial charge in [0, 0.05) is 24.5 Å². The molecule has 1 aromatic heterocycles. The van der Waals surface area contributed by atoms with E-state index in [0.717, 1.165) is 11.8 Å². The lowest BCUT2D eigenvalue weighted by Crippen LogP contribution is -2.21. The number of nitrogens with one attached hydrogen (secondary N) is 2. The zero-order valence-corrected chi connectivity index (χ0v) is 10.3. The van der Waals surface area contributed by atoms with Gasteiger partial charge in [-0.3, -0.25) is 0 Å². The van der Waals surface area contributed by atoms with Gasteiger partial charge in [0.15, 0.2) is 0 Å². The molecule has 0 amide bonds. The lowest BCUT2D eigenvalue weighted by molar-refractivity contribution is -0.138. The zero-order chi connectivity index (χ0) is 13.9. The summed E-state index contributed by atoms with van der Waals surface area (Å²) < 4.78 is 38.6. The van der Waals surface area contributed by atoms with Crippen LogP contribution in [0.25, 0.3) is 0 Å². The summed E-state index contributed by atoms with van der Waals surface area (Å²) in [5, 5.41) is 3.04. The predicted molar refractivity (Wildman–Crippen MR) is 65.3 cm³/mol. The summed E-state index contributed by atoms with van der Waals surface area (Å²) in [5.74, 6) is 0. The highest BCUT2D eigenvalue weighted by Crippen LogP contribution is 2.34. The molecule has 1 atom stereocenters. The molecule has 6 heteroatoms. The zero-order valence-electron chi connectivity index (χ0n) is 10.3. The number of hydrogen-bond donors (Lipinski definition) is 2. The fourth-order valence-corrected chi connectivity index (χ4v) is 1.89. The number of rotatable bonds is 4. The second kappa shape index (κ2) is 5.44. The Hall–Kier alpha value is -1.82. The van der Waals surface area contributed by atoms with Crippen molar-refractivity contribution in [2.75, 3.05) is 0 Å². The minimum atomic E-state index is -4.33. The molecule has 3 nitrogen and oxygen atoms in total. The number of hydrogen-bond acceptors (Lipinski definition) is 2. The smallest absolute Gasteiger partial charge is 0.347 e. The van der Waals surface area contributed by atoms with Crippen LogP contribution >= 0.6 is 0 Å². The molecule has 2 rings (SSSR count). The fraction of sp³-hybridized carbons (Fsp3) is 0.308. The number of benzene rings is 1. The van der Waals surface area contributed by atoms with Gasteiger partial charge in [0.1, 0.15) is 0 Å². The normalized spacial score (nSPS) is 13.5. The highest BCUT2D eigenvalue weighted by atomic mass is 19.4. The summed E-state index contributed by atoms with van der Waals surface area (Å²) in [7, 11) is 0. The van der Waals surface area contributed by atoms with Gasteiger partial charge in [-0.1, -0.05) is 18.2 Å². The van der Waals surface area contributed by atoms with Gasteiger partial charge in [0.25, 0.3) is 0 Å². The molecule has 0 aliphatic heterocycles. The Morgan fingerprint density at radius 2 is 2.05 bits per heavy atom. The van der Waals surface area contributed by atoms with Crippen LogP contribution in [0.1, 0.15) is 29.8 Å². The number of nitrogens with zero attached hydrogens (tertiary/aromatic N) is 1. The van der Waals surface area contributed by atoms with Crippen molar-refractivity contribution in [1.82, 2.24) is 15.3 Å². The standard InChI is InChI=1S/C13H14F3N3/c1-9(18-7-10-6-17-8-19-10)11-4-2-3-5-12(11)13(14,15)16/h2-6,8-9,18H,7H2,1H3,(H,17,19). The molecule has 0 spiro atoms. The lowest BCUT2D eigenvalue weighted by atomic mass is 10.0. The molecule has 2 N–H and O–H groups in total. The first-order chi connectivity index (χ1) is 8.98. The minimum absolute atomic E-state index is 0.245. The van der Waals surface area contributed by atoms with E-state index in [1.165, 1.54) is 18.5 Å². The van der Waals surface area contributed by atoms with Crippen molar-refractivity contribution in [3.05, 3.63) is 53.6 Å². The Bertz CT molecular complexity index is 520. The molecule has 0 radical (unpaired) electrons. The number of aromatic amines is 1. The molecule has 0 aliphatic rings.